The Hall–Kier alpha value is -2.23. The monoisotopic (exact) mass is 345 g/mol. The highest BCUT2D eigenvalue weighted by molar-refractivity contribution is 7.92. The number of hydrogen-bond donors (Lipinski definition) is 1. The highest BCUT2D eigenvalue weighted by Crippen LogP contribution is 2.63. The van der Waals surface area contributed by atoms with E-state index < -0.39 is 38.8 Å². The summed E-state index contributed by atoms with van der Waals surface area (Å²) in [5, 5.41) is 18.1. The lowest BCUT2D eigenvalue weighted by atomic mass is 10.0. The Bertz CT molecular complexity index is 918. The fourth-order valence-electron chi connectivity index (χ4n) is 3.26. The van der Waals surface area contributed by atoms with Crippen LogP contribution in [0, 0.1) is 29.5 Å². The van der Waals surface area contributed by atoms with Gasteiger partial charge in [-0.25, -0.2) is 12.8 Å². The number of aryl methyl sites for hydroxylation is 1. The van der Waals surface area contributed by atoms with E-state index in [1.165, 1.54) is 30.3 Å². The van der Waals surface area contributed by atoms with Crippen LogP contribution in [0.2, 0.25) is 0 Å². The summed E-state index contributed by atoms with van der Waals surface area (Å²) in [5.41, 5.74) is -0.122. The van der Waals surface area contributed by atoms with E-state index in [4.69, 9.17) is 0 Å². The molecule has 2 aromatic carbocycles. The molecule has 1 fully saturated rings. The van der Waals surface area contributed by atoms with Crippen LogP contribution >= 0.6 is 0 Å². The molecular weight excluding hydrogens is 329 g/mol. The van der Waals surface area contributed by atoms with Crippen molar-refractivity contribution >= 4 is 9.84 Å². The van der Waals surface area contributed by atoms with Crippen molar-refractivity contribution in [2.45, 2.75) is 23.0 Å². The molecule has 3 atom stereocenters. The van der Waals surface area contributed by atoms with Gasteiger partial charge in [0, 0.05) is 5.92 Å². The predicted molar refractivity (Wildman–Crippen MR) is 86.4 cm³/mol. The first kappa shape index (κ1) is 16.6. The molecule has 24 heavy (non-hydrogen) atoms. The number of rotatable bonds is 4. The molecule has 0 amide bonds. The molecule has 0 unspecified atom stereocenters. The van der Waals surface area contributed by atoms with E-state index in [0.29, 0.717) is 5.56 Å². The van der Waals surface area contributed by atoms with Gasteiger partial charge < -0.3 is 5.11 Å². The zero-order chi connectivity index (χ0) is 17.5. The van der Waals surface area contributed by atoms with E-state index in [0.717, 1.165) is 5.56 Å². The molecular formula is C18H16FNO3S. The third-order valence-electron chi connectivity index (χ3n) is 4.62. The van der Waals surface area contributed by atoms with Gasteiger partial charge in [-0.3, -0.25) is 0 Å². The second-order valence-electron chi connectivity index (χ2n) is 6.12. The van der Waals surface area contributed by atoms with E-state index in [1.807, 2.05) is 13.0 Å². The summed E-state index contributed by atoms with van der Waals surface area (Å²) in [6, 6.07) is 13.8. The van der Waals surface area contributed by atoms with Crippen molar-refractivity contribution in [2.75, 3.05) is 6.61 Å². The number of aliphatic hydroxyl groups excluding tert-OH is 1. The van der Waals surface area contributed by atoms with Gasteiger partial charge >= 0.3 is 0 Å². The molecule has 1 saturated carbocycles. The average Bonchev–Trinajstić information content (AvgIpc) is 3.26. The van der Waals surface area contributed by atoms with Crippen LogP contribution in [0.25, 0.3) is 0 Å². The minimum atomic E-state index is -3.83. The Kier molecular flexibility index (Phi) is 3.94. The standard InChI is InChI=1S/C18H16FNO3S/c1-12-5-7-15(8-6-12)24(22,23)17-16(18(17,10-20)11-21)13-3-2-4-14(19)9-13/h2-9,16-17,21H,11H2,1H3/t16-,17-,18-/m1/s1. The molecule has 3 rings (SSSR count). The van der Waals surface area contributed by atoms with E-state index in [-0.39, 0.29) is 4.90 Å². The molecule has 0 bridgehead atoms. The summed E-state index contributed by atoms with van der Waals surface area (Å²) < 4.78 is 39.4. The van der Waals surface area contributed by atoms with Crippen molar-refractivity contribution in [3.05, 3.63) is 65.5 Å². The largest absolute Gasteiger partial charge is 0.395 e. The minimum absolute atomic E-state index is 0.102. The molecule has 124 valence electrons. The molecule has 0 spiro atoms. The molecule has 1 aliphatic carbocycles. The minimum Gasteiger partial charge on any atom is -0.395 e. The van der Waals surface area contributed by atoms with E-state index >= 15 is 0 Å². The van der Waals surface area contributed by atoms with Gasteiger partial charge in [-0.2, -0.15) is 5.26 Å². The third-order valence-corrected chi connectivity index (χ3v) is 6.91. The molecule has 0 aromatic heterocycles. The van der Waals surface area contributed by atoms with Crippen LogP contribution in [-0.4, -0.2) is 25.4 Å². The summed E-state index contributed by atoms with van der Waals surface area (Å²) in [5.74, 6) is -1.26. The maximum Gasteiger partial charge on any atom is 0.183 e. The van der Waals surface area contributed by atoms with E-state index in [9.17, 15) is 23.2 Å². The summed E-state index contributed by atoms with van der Waals surface area (Å²) >= 11 is 0. The third kappa shape index (κ3) is 2.41. The van der Waals surface area contributed by atoms with Crippen LogP contribution in [0.1, 0.15) is 17.0 Å². The lowest BCUT2D eigenvalue weighted by molar-refractivity contribution is 0.242. The normalized spacial score (nSPS) is 25.9. The zero-order valence-electron chi connectivity index (χ0n) is 13.0. The number of aliphatic hydroxyl groups is 1. The smallest absolute Gasteiger partial charge is 0.183 e. The van der Waals surface area contributed by atoms with Gasteiger partial charge in [-0.1, -0.05) is 29.8 Å². The molecule has 0 saturated heterocycles. The molecule has 6 heteroatoms. The van der Waals surface area contributed by atoms with Gasteiger partial charge in [-0.05, 0) is 36.8 Å². The van der Waals surface area contributed by atoms with Crippen LogP contribution in [0.3, 0.4) is 0 Å². The zero-order valence-corrected chi connectivity index (χ0v) is 13.8. The second kappa shape index (κ2) is 5.69. The van der Waals surface area contributed by atoms with Crippen molar-refractivity contribution in [2.24, 2.45) is 5.41 Å². The highest BCUT2D eigenvalue weighted by Gasteiger charge is 2.72. The maximum absolute atomic E-state index is 13.5. The van der Waals surface area contributed by atoms with Crippen LogP contribution in [0.4, 0.5) is 4.39 Å². The maximum atomic E-state index is 13.5. The molecule has 1 aliphatic rings. The Labute approximate surface area is 140 Å². The SMILES string of the molecule is Cc1ccc(S(=O)(=O)[C@@H]2[C@@H](c3cccc(F)c3)[C@@]2(C#N)CO)cc1. The van der Waals surface area contributed by atoms with Crippen LogP contribution in [-0.2, 0) is 9.84 Å². The van der Waals surface area contributed by atoms with Crippen molar-refractivity contribution < 1.29 is 17.9 Å². The van der Waals surface area contributed by atoms with Crippen molar-refractivity contribution in [1.29, 1.82) is 5.26 Å². The Morgan fingerprint density at radius 1 is 1.25 bits per heavy atom. The van der Waals surface area contributed by atoms with Crippen molar-refractivity contribution in [3.8, 4) is 6.07 Å². The Morgan fingerprint density at radius 2 is 1.92 bits per heavy atom. The Balaban J connectivity index is 2.08. The molecule has 4 nitrogen and oxygen atoms in total. The molecule has 0 radical (unpaired) electrons. The number of nitrogens with zero attached hydrogens (tertiary/aromatic N) is 1. The molecule has 0 aliphatic heterocycles. The summed E-state index contributed by atoms with van der Waals surface area (Å²) in [6.45, 7) is 1.25. The second-order valence-corrected chi connectivity index (χ2v) is 8.19. The molecule has 0 heterocycles. The highest BCUT2D eigenvalue weighted by atomic mass is 32.2. The average molecular weight is 345 g/mol. The number of hydrogen-bond acceptors (Lipinski definition) is 4. The summed E-state index contributed by atoms with van der Waals surface area (Å²) in [4.78, 5) is 0.102. The first-order valence-corrected chi connectivity index (χ1v) is 8.99. The lowest BCUT2D eigenvalue weighted by Gasteiger charge is -2.06. The van der Waals surface area contributed by atoms with Gasteiger partial charge in [-0.15, -0.1) is 0 Å². The van der Waals surface area contributed by atoms with Gasteiger partial charge in [0.05, 0.1) is 22.8 Å². The van der Waals surface area contributed by atoms with E-state index in [2.05, 4.69) is 0 Å². The summed E-state index contributed by atoms with van der Waals surface area (Å²) in [6.07, 6.45) is 0. The van der Waals surface area contributed by atoms with E-state index in [1.54, 1.807) is 18.2 Å². The summed E-state index contributed by atoms with van der Waals surface area (Å²) in [7, 11) is -3.83. The van der Waals surface area contributed by atoms with Gasteiger partial charge in [0.25, 0.3) is 0 Å². The fourth-order valence-corrected chi connectivity index (χ4v) is 5.58. The first-order valence-electron chi connectivity index (χ1n) is 7.45. The quantitative estimate of drug-likeness (QED) is 0.924. The lowest BCUT2D eigenvalue weighted by Crippen LogP contribution is -2.18. The number of benzene rings is 2. The molecule has 2 aromatic rings. The van der Waals surface area contributed by atoms with Gasteiger partial charge in [0.2, 0.25) is 0 Å². The molecule has 1 N–H and O–H groups in total. The first-order chi connectivity index (χ1) is 11.4. The van der Waals surface area contributed by atoms with Crippen LogP contribution in [0.15, 0.2) is 53.4 Å². The van der Waals surface area contributed by atoms with Gasteiger partial charge in [0.1, 0.15) is 11.2 Å². The van der Waals surface area contributed by atoms with Crippen LogP contribution < -0.4 is 0 Å². The van der Waals surface area contributed by atoms with Crippen molar-refractivity contribution in [1.82, 2.24) is 0 Å². The van der Waals surface area contributed by atoms with Crippen molar-refractivity contribution in [3.63, 3.8) is 0 Å². The topological polar surface area (TPSA) is 78.2 Å². The fraction of sp³-hybridized carbons (Fsp3) is 0.278. The number of halogens is 1. The Morgan fingerprint density at radius 3 is 2.46 bits per heavy atom. The number of sulfone groups is 1. The van der Waals surface area contributed by atoms with Gasteiger partial charge in [0.15, 0.2) is 9.84 Å². The van der Waals surface area contributed by atoms with Crippen LogP contribution in [0.5, 0.6) is 0 Å². The number of nitriles is 1. The predicted octanol–water partition coefficient (Wildman–Crippen LogP) is 2.58.